The summed E-state index contributed by atoms with van der Waals surface area (Å²) in [6.07, 6.45) is 3.86. The van der Waals surface area contributed by atoms with Crippen molar-refractivity contribution in [2.24, 2.45) is 5.92 Å². The highest BCUT2D eigenvalue weighted by atomic mass is 16.6. The van der Waals surface area contributed by atoms with Crippen LogP contribution in [0.15, 0.2) is 24.4 Å². The van der Waals surface area contributed by atoms with Crippen molar-refractivity contribution < 1.29 is 14.3 Å². The molecule has 1 atom stereocenters. The Bertz CT molecular complexity index is 756. The molecule has 0 radical (unpaired) electrons. The van der Waals surface area contributed by atoms with Crippen LogP contribution in [0.1, 0.15) is 30.1 Å². The Labute approximate surface area is 140 Å². The lowest BCUT2D eigenvalue weighted by Crippen LogP contribution is -2.39. The van der Waals surface area contributed by atoms with E-state index >= 15 is 0 Å². The number of carbonyl (C=O) groups is 1. The lowest BCUT2D eigenvalue weighted by molar-refractivity contribution is 0.0684. The molecular weight excluding hydrogens is 306 g/mol. The Morgan fingerprint density at radius 1 is 1.29 bits per heavy atom. The van der Waals surface area contributed by atoms with Crippen molar-refractivity contribution in [2.45, 2.75) is 19.8 Å². The number of carbonyl (C=O) groups excluding carboxylic acids is 1. The molecule has 1 N–H and O–H groups in total. The normalized spacial score (nSPS) is 20.0. The number of benzene rings is 1. The topological polar surface area (TPSA) is 67.5 Å². The van der Waals surface area contributed by atoms with Gasteiger partial charge >= 0.3 is 0 Å². The number of aromatic amines is 1. The van der Waals surface area contributed by atoms with E-state index in [1.54, 1.807) is 6.20 Å². The van der Waals surface area contributed by atoms with Crippen LogP contribution in [0, 0.1) is 5.92 Å². The minimum absolute atomic E-state index is 0.0418. The summed E-state index contributed by atoms with van der Waals surface area (Å²) >= 11 is 0. The van der Waals surface area contributed by atoms with Gasteiger partial charge in [-0.15, -0.1) is 0 Å². The summed E-state index contributed by atoms with van der Waals surface area (Å²) in [5, 5.41) is 7.07. The molecular formula is C18H21N3O3. The highest BCUT2D eigenvalue weighted by Crippen LogP contribution is 2.35. The molecule has 1 aromatic carbocycles. The summed E-state index contributed by atoms with van der Waals surface area (Å²) in [5.74, 6) is 2.04. The van der Waals surface area contributed by atoms with Gasteiger partial charge in [-0.2, -0.15) is 5.10 Å². The van der Waals surface area contributed by atoms with Gasteiger partial charge in [-0.25, -0.2) is 0 Å². The summed E-state index contributed by atoms with van der Waals surface area (Å²) in [7, 11) is 0. The van der Waals surface area contributed by atoms with Crippen molar-refractivity contribution in [1.82, 2.24) is 15.1 Å². The number of rotatable bonds is 2. The highest BCUT2D eigenvalue weighted by molar-refractivity contribution is 6.00. The Kier molecular flexibility index (Phi) is 3.88. The number of amides is 1. The third-order valence-electron chi connectivity index (χ3n) is 4.64. The van der Waals surface area contributed by atoms with E-state index in [4.69, 9.17) is 9.47 Å². The molecule has 6 nitrogen and oxygen atoms in total. The van der Waals surface area contributed by atoms with Crippen LogP contribution in [-0.4, -0.2) is 47.3 Å². The molecule has 2 aliphatic heterocycles. The molecule has 6 heteroatoms. The van der Waals surface area contributed by atoms with Gasteiger partial charge in [0.1, 0.15) is 13.2 Å². The van der Waals surface area contributed by atoms with Crippen LogP contribution in [0.5, 0.6) is 11.5 Å². The van der Waals surface area contributed by atoms with Crippen LogP contribution in [0.2, 0.25) is 0 Å². The number of H-pyrrole nitrogens is 1. The quantitative estimate of drug-likeness (QED) is 0.921. The maximum Gasteiger partial charge on any atom is 0.257 e. The molecule has 2 aliphatic rings. The summed E-state index contributed by atoms with van der Waals surface area (Å²) < 4.78 is 11.2. The summed E-state index contributed by atoms with van der Waals surface area (Å²) in [6.45, 7) is 4.92. The van der Waals surface area contributed by atoms with E-state index in [0.29, 0.717) is 30.4 Å². The minimum Gasteiger partial charge on any atom is -0.486 e. The van der Waals surface area contributed by atoms with Gasteiger partial charge < -0.3 is 14.4 Å². The highest BCUT2D eigenvalue weighted by Gasteiger charge is 2.26. The van der Waals surface area contributed by atoms with Crippen LogP contribution >= 0.6 is 0 Å². The Morgan fingerprint density at radius 2 is 2.12 bits per heavy atom. The molecule has 126 valence electrons. The molecule has 1 saturated heterocycles. The van der Waals surface area contributed by atoms with Crippen LogP contribution in [0.3, 0.4) is 0 Å². The van der Waals surface area contributed by atoms with Crippen molar-refractivity contribution in [3.8, 4) is 22.8 Å². The predicted octanol–water partition coefficient (Wildman–Crippen LogP) is 2.72. The number of aromatic nitrogens is 2. The monoisotopic (exact) mass is 327 g/mol. The van der Waals surface area contributed by atoms with Gasteiger partial charge in [-0.3, -0.25) is 9.89 Å². The molecule has 1 fully saturated rings. The predicted molar refractivity (Wildman–Crippen MR) is 89.3 cm³/mol. The van der Waals surface area contributed by atoms with Crippen LogP contribution in [0.25, 0.3) is 11.3 Å². The number of hydrogen-bond donors (Lipinski definition) is 1. The Morgan fingerprint density at radius 3 is 2.96 bits per heavy atom. The molecule has 4 rings (SSSR count). The third-order valence-corrected chi connectivity index (χ3v) is 4.64. The summed E-state index contributed by atoms with van der Waals surface area (Å²) in [6, 6.07) is 5.70. The van der Waals surface area contributed by atoms with E-state index in [-0.39, 0.29) is 5.91 Å². The molecule has 1 aromatic heterocycles. The van der Waals surface area contributed by atoms with E-state index in [1.807, 2.05) is 23.1 Å². The number of ether oxygens (including phenoxy) is 2. The first-order valence-electron chi connectivity index (χ1n) is 8.45. The van der Waals surface area contributed by atoms with Crippen molar-refractivity contribution in [3.63, 3.8) is 0 Å². The lowest BCUT2D eigenvalue weighted by atomic mass is 9.99. The van der Waals surface area contributed by atoms with Gasteiger partial charge in [-0.1, -0.05) is 6.92 Å². The molecule has 0 bridgehead atoms. The van der Waals surface area contributed by atoms with E-state index in [0.717, 1.165) is 36.5 Å². The second-order valence-electron chi connectivity index (χ2n) is 6.52. The van der Waals surface area contributed by atoms with Gasteiger partial charge in [0, 0.05) is 18.7 Å². The maximum atomic E-state index is 12.9. The van der Waals surface area contributed by atoms with Crippen molar-refractivity contribution in [1.29, 1.82) is 0 Å². The van der Waals surface area contributed by atoms with E-state index < -0.39 is 0 Å². The van der Waals surface area contributed by atoms with Crippen molar-refractivity contribution in [3.05, 3.63) is 30.0 Å². The molecule has 24 heavy (non-hydrogen) atoms. The standard InChI is InChI=1S/C18H21N3O3/c1-12-3-2-6-21(11-12)18(22)14-10-19-20-17(14)13-4-5-15-16(9-13)24-8-7-23-15/h4-5,9-10,12H,2-3,6-8,11H2,1H3,(H,19,20)/t12-/m1/s1. The second-order valence-corrected chi connectivity index (χ2v) is 6.52. The lowest BCUT2D eigenvalue weighted by Gasteiger charge is -2.30. The van der Waals surface area contributed by atoms with Gasteiger partial charge in [0.2, 0.25) is 0 Å². The van der Waals surface area contributed by atoms with Gasteiger partial charge in [-0.05, 0) is 37.0 Å². The Hall–Kier alpha value is -2.50. The largest absolute Gasteiger partial charge is 0.486 e. The van der Waals surface area contributed by atoms with E-state index in [1.165, 1.54) is 6.42 Å². The van der Waals surface area contributed by atoms with Gasteiger partial charge in [0.05, 0.1) is 17.5 Å². The zero-order valence-corrected chi connectivity index (χ0v) is 13.7. The number of hydrogen-bond acceptors (Lipinski definition) is 4. The molecule has 0 saturated carbocycles. The molecule has 0 spiro atoms. The second kappa shape index (κ2) is 6.19. The number of piperidine rings is 1. The van der Waals surface area contributed by atoms with Crippen LogP contribution in [-0.2, 0) is 0 Å². The third kappa shape index (κ3) is 2.72. The SMILES string of the molecule is C[C@@H]1CCCN(C(=O)c2cn[nH]c2-c2ccc3c(c2)OCCO3)C1. The van der Waals surface area contributed by atoms with Crippen molar-refractivity contribution in [2.75, 3.05) is 26.3 Å². The molecule has 1 amide bonds. The fourth-order valence-electron chi connectivity index (χ4n) is 3.41. The van der Waals surface area contributed by atoms with Gasteiger partial charge in [0.25, 0.3) is 5.91 Å². The van der Waals surface area contributed by atoms with E-state index in [2.05, 4.69) is 17.1 Å². The number of fused-ring (bicyclic) bond motifs is 1. The fraction of sp³-hybridized carbons (Fsp3) is 0.444. The molecule has 0 aliphatic carbocycles. The zero-order chi connectivity index (χ0) is 16.5. The minimum atomic E-state index is 0.0418. The van der Waals surface area contributed by atoms with Crippen LogP contribution in [0.4, 0.5) is 0 Å². The van der Waals surface area contributed by atoms with Crippen molar-refractivity contribution >= 4 is 5.91 Å². The maximum absolute atomic E-state index is 12.9. The zero-order valence-electron chi connectivity index (χ0n) is 13.7. The smallest absolute Gasteiger partial charge is 0.257 e. The van der Waals surface area contributed by atoms with Gasteiger partial charge in [0.15, 0.2) is 11.5 Å². The number of nitrogens with one attached hydrogen (secondary N) is 1. The molecule has 2 aromatic rings. The first-order chi connectivity index (χ1) is 11.7. The number of nitrogens with zero attached hydrogens (tertiary/aromatic N) is 2. The average molecular weight is 327 g/mol. The summed E-state index contributed by atoms with van der Waals surface area (Å²) in [4.78, 5) is 14.8. The number of likely N-dealkylation sites (tertiary alicyclic amines) is 1. The average Bonchev–Trinajstić information content (AvgIpc) is 3.10. The molecule has 0 unspecified atom stereocenters. The first-order valence-corrected chi connectivity index (χ1v) is 8.45. The summed E-state index contributed by atoms with van der Waals surface area (Å²) in [5.41, 5.74) is 2.22. The van der Waals surface area contributed by atoms with E-state index in [9.17, 15) is 4.79 Å². The molecule has 3 heterocycles. The Balaban J connectivity index is 1.64. The first kappa shape index (κ1) is 15.1. The fourth-order valence-corrected chi connectivity index (χ4v) is 3.41. The van der Waals surface area contributed by atoms with Crippen LogP contribution < -0.4 is 9.47 Å².